The van der Waals surface area contributed by atoms with E-state index in [-0.39, 0.29) is 24.3 Å². The number of carbonyl (C=O) groups excluding carboxylic acids is 2. The minimum atomic E-state index is -0.439. The van der Waals surface area contributed by atoms with Crippen LogP contribution in [0.1, 0.15) is 17.2 Å². The van der Waals surface area contributed by atoms with Crippen LogP contribution >= 0.6 is 27.7 Å². The van der Waals surface area contributed by atoms with Gasteiger partial charge < -0.3 is 10.1 Å². The fourth-order valence-electron chi connectivity index (χ4n) is 3.50. The molecule has 0 aliphatic carbocycles. The molecule has 0 saturated heterocycles. The molecule has 1 N–H and O–H groups in total. The van der Waals surface area contributed by atoms with Crippen LogP contribution in [0.2, 0.25) is 0 Å². The Morgan fingerprint density at radius 3 is 2.09 bits per heavy atom. The van der Waals surface area contributed by atoms with E-state index in [1.54, 1.807) is 0 Å². The average molecular weight is 520 g/mol. The Morgan fingerprint density at radius 1 is 0.818 bits per heavy atom. The molecule has 0 aliphatic heterocycles. The lowest BCUT2D eigenvalue weighted by Gasteiger charge is -2.20. The molecule has 0 fully saturated rings. The van der Waals surface area contributed by atoms with Gasteiger partial charge in [0, 0.05) is 9.37 Å². The summed E-state index contributed by atoms with van der Waals surface area (Å²) in [6.07, 6.45) is 0. The molecule has 0 aliphatic rings. The first kappa shape index (κ1) is 23.1. The molecule has 4 rings (SSSR count). The molecule has 6 heteroatoms. The van der Waals surface area contributed by atoms with Crippen molar-refractivity contribution >= 4 is 50.3 Å². The number of amides is 1. The minimum Gasteiger partial charge on any atom is -0.455 e. The molecule has 0 saturated carbocycles. The number of carbonyl (C=O) groups is 2. The Morgan fingerprint density at radius 2 is 1.42 bits per heavy atom. The maximum Gasteiger partial charge on any atom is 0.316 e. The fraction of sp³-hybridized carbons (Fsp3) is 0.111. The van der Waals surface area contributed by atoms with Crippen LogP contribution in [0.15, 0.2) is 106 Å². The zero-order valence-corrected chi connectivity index (χ0v) is 20.1. The number of benzene rings is 4. The Labute approximate surface area is 205 Å². The summed E-state index contributed by atoms with van der Waals surface area (Å²) < 4.78 is 6.19. The number of hydrogen-bond donors (Lipinski definition) is 1. The van der Waals surface area contributed by atoms with Crippen molar-refractivity contribution in [1.29, 1.82) is 0 Å². The highest BCUT2D eigenvalue weighted by molar-refractivity contribution is 9.10. The van der Waals surface area contributed by atoms with Gasteiger partial charge in [0.05, 0.1) is 11.8 Å². The first-order valence-corrected chi connectivity index (χ1v) is 12.2. The Kier molecular flexibility index (Phi) is 7.81. The number of esters is 1. The number of nitrogens with one attached hydrogen (secondary N) is 1. The number of rotatable bonds is 8. The predicted octanol–water partition coefficient (Wildman–Crippen LogP) is 6.14. The second-order valence-corrected chi connectivity index (χ2v) is 9.18. The van der Waals surface area contributed by atoms with E-state index in [1.807, 2.05) is 97.1 Å². The standard InChI is InChI=1S/C27H22BrNO3S/c28-26-22-14-8-7-9-19(22)15-16-23(26)33-18-25(31)32-17-24(30)29-27(20-10-3-1-4-11-20)21-12-5-2-6-13-21/h1-16,27H,17-18H2,(H,29,30). The van der Waals surface area contributed by atoms with Crippen molar-refractivity contribution in [2.24, 2.45) is 0 Å². The first-order chi connectivity index (χ1) is 16.1. The SMILES string of the molecule is O=C(COC(=O)CSc1ccc2ccccc2c1Br)NC(c1ccccc1)c1ccccc1. The number of halogens is 1. The highest BCUT2D eigenvalue weighted by atomic mass is 79.9. The Balaban J connectivity index is 1.33. The lowest BCUT2D eigenvalue weighted by molar-refractivity contribution is -0.146. The van der Waals surface area contributed by atoms with Crippen molar-refractivity contribution in [2.75, 3.05) is 12.4 Å². The molecule has 0 spiro atoms. The second-order valence-electron chi connectivity index (χ2n) is 7.37. The third kappa shape index (κ3) is 6.03. The summed E-state index contributed by atoms with van der Waals surface area (Å²) in [6, 6.07) is 31.1. The van der Waals surface area contributed by atoms with Crippen LogP contribution < -0.4 is 5.32 Å². The summed E-state index contributed by atoms with van der Waals surface area (Å²) in [6.45, 7) is -0.325. The van der Waals surface area contributed by atoms with Crippen LogP contribution in [0.5, 0.6) is 0 Å². The number of thioether (sulfide) groups is 1. The first-order valence-electron chi connectivity index (χ1n) is 10.5. The molecular formula is C27H22BrNO3S. The third-order valence-corrected chi connectivity index (χ3v) is 7.26. The summed E-state index contributed by atoms with van der Waals surface area (Å²) in [5.74, 6) is -0.672. The summed E-state index contributed by atoms with van der Waals surface area (Å²) in [7, 11) is 0. The van der Waals surface area contributed by atoms with Crippen LogP contribution in [0.4, 0.5) is 0 Å². The second kappa shape index (κ2) is 11.2. The monoisotopic (exact) mass is 519 g/mol. The molecule has 0 aromatic heterocycles. The summed E-state index contributed by atoms with van der Waals surface area (Å²) >= 11 is 5.00. The van der Waals surface area contributed by atoms with Crippen LogP contribution in [-0.2, 0) is 14.3 Å². The van der Waals surface area contributed by atoms with Crippen molar-refractivity contribution < 1.29 is 14.3 Å². The van der Waals surface area contributed by atoms with Gasteiger partial charge in [-0.15, -0.1) is 11.8 Å². The summed E-state index contributed by atoms with van der Waals surface area (Å²) in [4.78, 5) is 25.8. The van der Waals surface area contributed by atoms with Gasteiger partial charge >= 0.3 is 5.97 Å². The lowest BCUT2D eigenvalue weighted by Crippen LogP contribution is -2.33. The topological polar surface area (TPSA) is 55.4 Å². The van der Waals surface area contributed by atoms with Crippen LogP contribution in [0.3, 0.4) is 0 Å². The third-order valence-electron chi connectivity index (χ3n) is 5.11. The zero-order valence-electron chi connectivity index (χ0n) is 17.7. The van der Waals surface area contributed by atoms with Crippen LogP contribution in [0, 0.1) is 0 Å². The molecule has 0 atom stereocenters. The maximum absolute atomic E-state index is 12.6. The van der Waals surface area contributed by atoms with Crippen molar-refractivity contribution in [3.63, 3.8) is 0 Å². The van der Waals surface area contributed by atoms with Gasteiger partial charge in [-0.05, 0) is 43.9 Å². The molecule has 33 heavy (non-hydrogen) atoms. The number of ether oxygens (including phenoxy) is 1. The van der Waals surface area contributed by atoms with Gasteiger partial charge in [0.25, 0.3) is 5.91 Å². The van der Waals surface area contributed by atoms with Gasteiger partial charge in [0.1, 0.15) is 0 Å². The minimum absolute atomic E-state index is 0.116. The largest absolute Gasteiger partial charge is 0.455 e. The molecule has 1 amide bonds. The molecule has 166 valence electrons. The molecule has 0 unspecified atom stereocenters. The average Bonchev–Trinajstić information content (AvgIpc) is 2.87. The van der Waals surface area contributed by atoms with Gasteiger partial charge in [0.2, 0.25) is 0 Å². The van der Waals surface area contributed by atoms with E-state index in [0.717, 1.165) is 31.3 Å². The highest BCUT2D eigenvalue weighted by Crippen LogP contribution is 2.34. The molecule has 0 heterocycles. The lowest BCUT2D eigenvalue weighted by atomic mass is 9.99. The molecule has 0 radical (unpaired) electrons. The summed E-state index contributed by atoms with van der Waals surface area (Å²) in [5.41, 5.74) is 1.92. The van der Waals surface area contributed by atoms with Gasteiger partial charge in [-0.2, -0.15) is 0 Å². The Bertz CT molecular complexity index is 1210. The van der Waals surface area contributed by atoms with Crippen molar-refractivity contribution in [3.8, 4) is 0 Å². The van der Waals surface area contributed by atoms with Gasteiger partial charge in [0.15, 0.2) is 6.61 Å². The summed E-state index contributed by atoms with van der Waals surface area (Å²) in [5, 5.41) is 5.19. The smallest absolute Gasteiger partial charge is 0.316 e. The Hall–Kier alpha value is -3.09. The van der Waals surface area contributed by atoms with E-state index in [1.165, 1.54) is 11.8 Å². The van der Waals surface area contributed by atoms with Crippen molar-refractivity contribution in [1.82, 2.24) is 5.32 Å². The van der Waals surface area contributed by atoms with Gasteiger partial charge in [-0.3, -0.25) is 9.59 Å². The maximum atomic E-state index is 12.6. The number of hydrogen-bond acceptors (Lipinski definition) is 4. The van der Waals surface area contributed by atoms with E-state index in [4.69, 9.17) is 4.74 Å². The van der Waals surface area contributed by atoms with Crippen molar-refractivity contribution in [2.45, 2.75) is 10.9 Å². The predicted molar refractivity (Wildman–Crippen MR) is 136 cm³/mol. The molecule has 4 nitrogen and oxygen atoms in total. The van der Waals surface area contributed by atoms with E-state index < -0.39 is 5.97 Å². The normalized spacial score (nSPS) is 10.8. The molecule has 0 bridgehead atoms. The quantitative estimate of drug-likeness (QED) is 0.224. The molecule has 4 aromatic rings. The number of fused-ring (bicyclic) bond motifs is 1. The molecular weight excluding hydrogens is 498 g/mol. The van der Waals surface area contributed by atoms with Gasteiger partial charge in [-0.1, -0.05) is 91.0 Å². The van der Waals surface area contributed by atoms with E-state index in [9.17, 15) is 9.59 Å². The molecule has 4 aromatic carbocycles. The van der Waals surface area contributed by atoms with E-state index in [2.05, 4.69) is 21.2 Å². The van der Waals surface area contributed by atoms with Crippen molar-refractivity contribution in [3.05, 3.63) is 113 Å². The van der Waals surface area contributed by atoms with E-state index in [0.29, 0.717) is 0 Å². The van der Waals surface area contributed by atoms with E-state index >= 15 is 0 Å². The zero-order chi connectivity index (χ0) is 23.0. The van der Waals surface area contributed by atoms with Crippen LogP contribution in [0.25, 0.3) is 10.8 Å². The van der Waals surface area contributed by atoms with Crippen LogP contribution in [-0.4, -0.2) is 24.2 Å². The highest BCUT2D eigenvalue weighted by Gasteiger charge is 2.18. The van der Waals surface area contributed by atoms with Gasteiger partial charge in [-0.25, -0.2) is 0 Å². The fourth-order valence-corrected chi connectivity index (χ4v) is 5.10.